The summed E-state index contributed by atoms with van der Waals surface area (Å²) in [5, 5.41) is 8.57. The molecule has 2 aromatic rings. The normalized spacial score (nSPS) is 23.5. The first-order valence-corrected chi connectivity index (χ1v) is 9.37. The van der Waals surface area contributed by atoms with Crippen molar-refractivity contribution < 1.29 is 18.1 Å². The van der Waals surface area contributed by atoms with E-state index in [0.29, 0.717) is 44.4 Å². The van der Waals surface area contributed by atoms with Crippen molar-refractivity contribution in [1.82, 2.24) is 25.3 Å². The molecule has 0 radical (unpaired) electrons. The fraction of sp³-hybridized carbons (Fsp3) is 0.562. The van der Waals surface area contributed by atoms with Crippen molar-refractivity contribution in [3.63, 3.8) is 0 Å². The average molecular weight is 383 g/mol. The van der Waals surface area contributed by atoms with Crippen LogP contribution in [-0.2, 0) is 11.3 Å². The summed E-state index contributed by atoms with van der Waals surface area (Å²) in [6.07, 6.45) is -0.417. The van der Waals surface area contributed by atoms with Gasteiger partial charge in [0.25, 0.3) is 5.92 Å². The number of carbonyl (C=O) groups excluding carboxylic acids is 1. The Morgan fingerprint density at radius 2 is 2.19 bits per heavy atom. The molecule has 2 aliphatic heterocycles. The number of nitrogens with zero attached hydrogens (tertiary/aromatic N) is 4. The predicted molar refractivity (Wildman–Crippen MR) is 90.8 cm³/mol. The lowest BCUT2D eigenvalue weighted by molar-refractivity contribution is -0.135. The Morgan fingerprint density at radius 3 is 2.85 bits per heavy atom. The van der Waals surface area contributed by atoms with Crippen LogP contribution in [0.1, 0.15) is 12.3 Å². The minimum atomic E-state index is -2.79. The molecular formula is C16H19F2N5O2S. The van der Waals surface area contributed by atoms with E-state index in [1.165, 1.54) is 0 Å². The van der Waals surface area contributed by atoms with Gasteiger partial charge in [-0.05, 0) is 11.4 Å². The van der Waals surface area contributed by atoms with Gasteiger partial charge in [0.2, 0.25) is 17.6 Å². The molecule has 1 amide bonds. The van der Waals surface area contributed by atoms with Crippen molar-refractivity contribution in [3.05, 3.63) is 23.4 Å². The summed E-state index contributed by atoms with van der Waals surface area (Å²) in [6.45, 7) is 2.40. The number of nitrogens with one attached hydrogen (secondary N) is 1. The second-order valence-electron chi connectivity index (χ2n) is 6.58. The molecule has 2 aliphatic rings. The van der Waals surface area contributed by atoms with Crippen molar-refractivity contribution in [2.75, 3.05) is 32.7 Å². The Hall–Kier alpha value is -1.91. The molecule has 2 saturated heterocycles. The van der Waals surface area contributed by atoms with Crippen molar-refractivity contribution in [2.45, 2.75) is 24.9 Å². The minimum Gasteiger partial charge on any atom is -0.339 e. The largest absolute Gasteiger partial charge is 0.339 e. The van der Waals surface area contributed by atoms with Gasteiger partial charge in [-0.25, -0.2) is 8.78 Å². The van der Waals surface area contributed by atoms with Gasteiger partial charge in [0.1, 0.15) is 0 Å². The lowest BCUT2D eigenvalue weighted by Gasteiger charge is -2.35. The van der Waals surface area contributed by atoms with Crippen molar-refractivity contribution in [2.24, 2.45) is 0 Å². The first kappa shape index (κ1) is 17.5. The molecule has 4 heterocycles. The first-order chi connectivity index (χ1) is 12.5. The number of piperazine rings is 1. The van der Waals surface area contributed by atoms with Crippen molar-refractivity contribution >= 4 is 17.2 Å². The maximum Gasteiger partial charge on any atom is 0.262 e. The summed E-state index contributed by atoms with van der Waals surface area (Å²) >= 11 is 1.55. The molecule has 4 rings (SSSR count). The Balaban J connectivity index is 1.28. The van der Waals surface area contributed by atoms with Crippen molar-refractivity contribution in [1.29, 1.82) is 0 Å². The van der Waals surface area contributed by atoms with Gasteiger partial charge in [-0.15, -0.1) is 11.3 Å². The maximum absolute atomic E-state index is 13.3. The van der Waals surface area contributed by atoms with Gasteiger partial charge in [-0.3, -0.25) is 15.0 Å². The van der Waals surface area contributed by atoms with E-state index in [-0.39, 0.29) is 5.91 Å². The number of hydrogen-bond acceptors (Lipinski definition) is 7. The lowest BCUT2D eigenvalue weighted by atomic mass is 10.1. The highest BCUT2D eigenvalue weighted by Gasteiger charge is 2.43. The summed E-state index contributed by atoms with van der Waals surface area (Å²) in [7, 11) is 0. The zero-order chi connectivity index (χ0) is 18.1. The predicted octanol–water partition coefficient (Wildman–Crippen LogP) is 1.44. The van der Waals surface area contributed by atoms with Crippen LogP contribution >= 0.6 is 11.3 Å². The number of carbonyl (C=O) groups is 1. The highest BCUT2D eigenvalue weighted by atomic mass is 32.1. The summed E-state index contributed by atoms with van der Waals surface area (Å²) < 4.78 is 31.8. The standard InChI is InChI=1S/C16H19F2N5O2S/c17-16(18)8-11(19-10-16)15(24)23-5-3-22(4-6-23)9-13-20-14(21-25-13)12-2-1-7-26-12/h1-2,7,11,19H,3-6,8-10H2. The number of thiophene rings is 1. The highest BCUT2D eigenvalue weighted by molar-refractivity contribution is 7.13. The molecule has 0 aromatic carbocycles. The Labute approximate surface area is 153 Å². The number of alkyl halides is 2. The number of halogens is 2. The summed E-state index contributed by atoms with van der Waals surface area (Å²) in [6, 6.07) is 3.09. The SMILES string of the molecule is O=C(C1CC(F)(F)CN1)N1CCN(Cc2nc(-c3cccs3)no2)CC1. The Morgan fingerprint density at radius 1 is 1.38 bits per heavy atom. The van der Waals surface area contributed by atoms with E-state index in [1.807, 2.05) is 17.5 Å². The molecule has 1 unspecified atom stereocenters. The fourth-order valence-electron chi connectivity index (χ4n) is 3.25. The van der Waals surface area contributed by atoms with Crippen molar-refractivity contribution in [3.8, 4) is 10.7 Å². The van der Waals surface area contributed by atoms with E-state index in [4.69, 9.17) is 4.52 Å². The molecule has 0 bridgehead atoms. The van der Waals surface area contributed by atoms with Crippen LogP contribution in [0, 0.1) is 0 Å². The number of rotatable bonds is 4. The quantitative estimate of drug-likeness (QED) is 0.861. The fourth-order valence-corrected chi connectivity index (χ4v) is 3.90. The molecular weight excluding hydrogens is 364 g/mol. The monoisotopic (exact) mass is 383 g/mol. The van der Waals surface area contributed by atoms with Crippen LogP contribution < -0.4 is 5.32 Å². The third kappa shape index (κ3) is 3.76. The number of aromatic nitrogens is 2. The number of hydrogen-bond donors (Lipinski definition) is 1. The zero-order valence-corrected chi connectivity index (χ0v) is 14.8. The van der Waals surface area contributed by atoms with Crippen LogP contribution in [0.4, 0.5) is 8.78 Å². The van der Waals surface area contributed by atoms with Crippen LogP contribution in [0.15, 0.2) is 22.0 Å². The molecule has 1 N–H and O–H groups in total. The van der Waals surface area contributed by atoms with Crippen LogP contribution in [0.2, 0.25) is 0 Å². The third-order valence-corrected chi connectivity index (χ3v) is 5.53. The average Bonchev–Trinajstić information content (AvgIpc) is 3.35. The van der Waals surface area contributed by atoms with Crippen LogP contribution in [0.3, 0.4) is 0 Å². The molecule has 7 nitrogen and oxygen atoms in total. The van der Waals surface area contributed by atoms with E-state index in [9.17, 15) is 13.6 Å². The van der Waals surface area contributed by atoms with Crippen LogP contribution in [0.5, 0.6) is 0 Å². The molecule has 0 saturated carbocycles. The lowest BCUT2D eigenvalue weighted by Crippen LogP contribution is -2.52. The van der Waals surface area contributed by atoms with Crippen LogP contribution in [0.25, 0.3) is 10.7 Å². The molecule has 2 aromatic heterocycles. The molecule has 140 valence electrons. The topological polar surface area (TPSA) is 74.5 Å². The second kappa shape index (κ2) is 7.01. The van der Waals surface area contributed by atoms with E-state index >= 15 is 0 Å². The van der Waals surface area contributed by atoms with Gasteiger partial charge in [-0.2, -0.15) is 4.98 Å². The van der Waals surface area contributed by atoms with E-state index in [2.05, 4.69) is 20.4 Å². The zero-order valence-electron chi connectivity index (χ0n) is 14.0. The van der Waals surface area contributed by atoms with Crippen LogP contribution in [-0.4, -0.2) is 70.5 Å². The maximum atomic E-state index is 13.3. The second-order valence-corrected chi connectivity index (χ2v) is 7.53. The van der Waals surface area contributed by atoms with Gasteiger partial charge in [0, 0.05) is 32.6 Å². The van der Waals surface area contributed by atoms with E-state index < -0.39 is 24.9 Å². The summed E-state index contributed by atoms with van der Waals surface area (Å²) in [4.78, 5) is 21.5. The molecule has 0 spiro atoms. The Bertz CT molecular complexity index is 759. The highest BCUT2D eigenvalue weighted by Crippen LogP contribution is 2.26. The molecule has 1 atom stereocenters. The molecule has 0 aliphatic carbocycles. The third-order valence-electron chi connectivity index (χ3n) is 4.66. The van der Waals surface area contributed by atoms with Gasteiger partial charge in [-0.1, -0.05) is 11.2 Å². The smallest absolute Gasteiger partial charge is 0.262 e. The van der Waals surface area contributed by atoms with Gasteiger partial charge >= 0.3 is 0 Å². The molecule has 2 fully saturated rings. The van der Waals surface area contributed by atoms with Gasteiger partial charge in [0.15, 0.2) is 0 Å². The minimum absolute atomic E-state index is 0.236. The van der Waals surface area contributed by atoms with E-state index in [0.717, 1.165) is 4.88 Å². The molecule has 26 heavy (non-hydrogen) atoms. The van der Waals surface area contributed by atoms with Gasteiger partial charge < -0.3 is 9.42 Å². The number of amides is 1. The summed E-state index contributed by atoms with van der Waals surface area (Å²) in [5.74, 6) is -1.91. The first-order valence-electron chi connectivity index (χ1n) is 8.49. The molecule has 10 heteroatoms. The summed E-state index contributed by atoms with van der Waals surface area (Å²) in [5.41, 5.74) is 0. The van der Waals surface area contributed by atoms with Gasteiger partial charge in [0.05, 0.1) is 24.0 Å². The Kier molecular flexibility index (Phi) is 4.72. The van der Waals surface area contributed by atoms with E-state index in [1.54, 1.807) is 16.2 Å².